The predicted octanol–water partition coefficient (Wildman–Crippen LogP) is 0.601. The van der Waals surface area contributed by atoms with Gasteiger partial charge in [0.05, 0.1) is 26.4 Å². The van der Waals surface area contributed by atoms with Crippen molar-refractivity contribution < 1.29 is 19.0 Å². The molecule has 3 saturated heterocycles. The third kappa shape index (κ3) is 3.47. The predicted molar refractivity (Wildman–Crippen MR) is 89.6 cm³/mol. The third-order valence-electron chi connectivity index (χ3n) is 4.98. The van der Waals surface area contributed by atoms with Gasteiger partial charge in [0, 0.05) is 44.7 Å². The largest absolute Gasteiger partial charge is 0.378 e. The van der Waals surface area contributed by atoms with E-state index in [0.29, 0.717) is 64.0 Å². The van der Waals surface area contributed by atoms with Crippen LogP contribution in [-0.4, -0.2) is 79.2 Å². The molecule has 0 saturated carbocycles. The quantitative estimate of drug-likeness (QED) is 0.774. The Morgan fingerprint density at radius 3 is 2.40 bits per heavy atom. The van der Waals surface area contributed by atoms with Gasteiger partial charge in [0.2, 0.25) is 5.95 Å². The highest BCUT2D eigenvalue weighted by atomic mass is 16.7. The van der Waals surface area contributed by atoms with Crippen molar-refractivity contribution in [2.45, 2.75) is 25.6 Å². The van der Waals surface area contributed by atoms with Gasteiger partial charge in [-0.25, -0.2) is 9.97 Å². The van der Waals surface area contributed by atoms with Gasteiger partial charge in [-0.3, -0.25) is 4.79 Å². The molecule has 8 nitrogen and oxygen atoms in total. The first-order valence-corrected chi connectivity index (χ1v) is 8.91. The Labute approximate surface area is 147 Å². The summed E-state index contributed by atoms with van der Waals surface area (Å²) in [7, 11) is 0. The minimum atomic E-state index is -0.475. The number of aryl methyl sites for hydroxylation is 1. The number of aromatic nitrogens is 2. The number of hydrogen-bond donors (Lipinski definition) is 0. The molecular formula is C17H24N4O4. The lowest BCUT2D eigenvalue weighted by molar-refractivity contribution is -0.181. The van der Waals surface area contributed by atoms with Crippen molar-refractivity contribution in [3.05, 3.63) is 17.5 Å². The maximum absolute atomic E-state index is 12.9. The number of morpholine rings is 1. The lowest BCUT2D eigenvalue weighted by Crippen LogP contribution is -2.47. The lowest BCUT2D eigenvalue weighted by atomic mass is 10.0. The minimum absolute atomic E-state index is 0.0483. The summed E-state index contributed by atoms with van der Waals surface area (Å²) >= 11 is 0. The first-order valence-electron chi connectivity index (χ1n) is 8.91. The number of anilines is 1. The van der Waals surface area contributed by atoms with Gasteiger partial charge < -0.3 is 24.0 Å². The first-order chi connectivity index (χ1) is 12.2. The van der Waals surface area contributed by atoms with E-state index in [1.165, 1.54) is 0 Å². The molecule has 0 aliphatic carbocycles. The fourth-order valence-electron chi connectivity index (χ4n) is 3.57. The number of hydrogen-bond acceptors (Lipinski definition) is 7. The second kappa shape index (κ2) is 6.86. The van der Waals surface area contributed by atoms with Crippen molar-refractivity contribution in [2.24, 2.45) is 0 Å². The molecule has 1 amide bonds. The van der Waals surface area contributed by atoms with E-state index < -0.39 is 5.79 Å². The van der Waals surface area contributed by atoms with E-state index >= 15 is 0 Å². The van der Waals surface area contributed by atoms with Crippen LogP contribution in [0.3, 0.4) is 0 Å². The van der Waals surface area contributed by atoms with Crippen LogP contribution in [0.2, 0.25) is 0 Å². The van der Waals surface area contributed by atoms with Gasteiger partial charge in [-0.15, -0.1) is 0 Å². The molecule has 4 rings (SSSR count). The van der Waals surface area contributed by atoms with Crippen LogP contribution in [0.25, 0.3) is 0 Å². The molecule has 136 valence electrons. The molecule has 0 radical (unpaired) electrons. The van der Waals surface area contributed by atoms with Crippen LogP contribution in [0, 0.1) is 6.92 Å². The van der Waals surface area contributed by atoms with Crippen molar-refractivity contribution >= 4 is 11.9 Å². The lowest BCUT2D eigenvalue weighted by Gasteiger charge is -2.37. The maximum Gasteiger partial charge on any atom is 0.272 e. The van der Waals surface area contributed by atoms with Crippen LogP contribution in [0.15, 0.2) is 6.07 Å². The Bertz CT molecular complexity index is 632. The zero-order chi connectivity index (χ0) is 17.3. The van der Waals surface area contributed by atoms with Gasteiger partial charge in [-0.05, 0) is 13.0 Å². The van der Waals surface area contributed by atoms with Gasteiger partial charge in [-0.2, -0.15) is 0 Å². The van der Waals surface area contributed by atoms with Gasteiger partial charge in [0.25, 0.3) is 5.91 Å². The van der Waals surface area contributed by atoms with Crippen LogP contribution in [0.5, 0.6) is 0 Å². The topological polar surface area (TPSA) is 77.0 Å². The summed E-state index contributed by atoms with van der Waals surface area (Å²) in [5.41, 5.74) is 1.26. The molecule has 1 aromatic rings. The Hall–Kier alpha value is -1.77. The van der Waals surface area contributed by atoms with Gasteiger partial charge in [-0.1, -0.05) is 0 Å². The van der Waals surface area contributed by atoms with E-state index in [4.69, 9.17) is 14.2 Å². The van der Waals surface area contributed by atoms with E-state index in [1.807, 2.05) is 11.8 Å². The van der Waals surface area contributed by atoms with Crippen LogP contribution >= 0.6 is 0 Å². The highest BCUT2D eigenvalue weighted by Gasteiger charge is 2.41. The summed E-state index contributed by atoms with van der Waals surface area (Å²) in [4.78, 5) is 25.8. The number of likely N-dealkylation sites (tertiary alicyclic amines) is 1. The molecule has 0 atom stereocenters. The van der Waals surface area contributed by atoms with E-state index in [0.717, 1.165) is 18.8 Å². The Morgan fingerprint density at radius 1 is 1.04 bits per heavy atom. The SMILES string of the molecule is Cc1cc(C(=O)N2CCC3(CC2)OCCO3)nc(N2CCOCC2)n1. The third-order valence-corrected chi connectivity index (χ3v) is 4.98. The molecule has 25 heavy (non-hydrogen) atoms. The molecule has 0 bridgehead atoms. The monoisotopic (exact) mass is 348 g/mol. The molecule has 3 aliphatic rings. The second-order valence-electron chi connectivity index (χ2n) is 6.69. The number of carbonyl (C=O) groups excluding carboxylic acids is 1. The number of nitrogens with zero attached hydrogens (tertiary/aromatic N) is 4. The molecule has 4 heterocycles. The molecule has 3 fully saturated rings. The molecule has 3 aliphatic heterocycles. The van der Waals surface area contributed by atoms with E-state index in [-0.39, 0.29) is 5.91 Å². The summed E-state index contributed by atoms with van der Waals surface area (Å²) in [6.45, 7) is 7.24. The summed E-state index contributed by atoms with van der Waals surface area (Å²) in [6, 6.07) is 1.76. The summed E-state index contributed by atoms with van der Waals surface area (Å²) in [5.74, 6) is 0.0904. The van der Waals surface area contributed by atoms with E-state index in [2.05, 4.69) is 14.9 Å². The van der Waals surface area contributed by atoms with Crippen molar-refractivity contribution in [3.63, 3.8) is 0 Å². The molecule has 1 aromatic heterocycles. The van der Waals surface area contributed by atoms with Crippen LogP contribution in [-0.2, 0) is 14.2 Å². The number of rotatable bonds is 2. The van der Waals surface area contributed by atoms with Crippen LogP contribution in [0.1, 0.15) is 29.0 Å². The van der Waals surface area contributed by atoms with Crippen LogP contribution < -0.4 is 4.90 Å². The van der Waals surface area contributed by atoms with Crippen molar-refractivity contribution in [1.29, 1.82) is 0 Å². The fourth-order valence-corrected chi connectivity index (χ4v) is 3.57. The number of ether oxygens (including phenoxy) is 3. The minimum Gasteiger partial charge on any atom is -0.378 e. The Kier molecular flexibility index (Phi) is 4.58. The number of carbonyl (C=O) groups is 1. The first kappa shape index (κ1) is 16.7. The fraction of sp³-hybridized carbons (Fsp3) is 0.706. The zero-order valence-corrected chi connectivity index (χ0v) is 14.6. The molecule has 1 spiro atoms. The van der Waals surface area contributed by atoms with E-state index in [1.54, 1.807) is 6.07 Å². The highest BCUT2D eigenvalue weighted by molar-refractivity contribution is 5.92. The Morgan fingerprint density at radius 2 is 1.72 bits per heavy atom. The standard InChI is InChI=1S/C17H24N4O4/c1-13-12-14(19-16(18-13)21-6-8-23-9-7-21)15(22)20-4-2-17(3-5-20)24-10-11-25-17/h12H,2-11H2,1H3. The number of piperidine rings is 1. The average Bonchev–Trinajstić information content (AvgIpc) is 3.10. The summed E-state index contributed by atoms with van der Waals surface area (Å²) in [5, 5.41) is 0. The highest BCUT2D eigenvalue weighted by Crippen LogP contribution is 2.31. The van der Waals surface area contributed by atoms with Crippen molar-refractivity contribution in [1.82, 2.24) is 14.9 Å². The van der Waals surface area contributed by atoms with Crippen molar-refractivity contribution in [3.8, 4) is 0 Å². The van der Waals surface area contributed by atoms with Crippen molar-refractivity contribution in [2.75, 3.05) is 57.5 Å². The normalized spacial score (nSPS) is 23.2. The average molecular weight is 348 g/mol. The maximum atomic E-state index is 12.9. The van der Waals surface area contributed by atoms with Gasteiger partial charge >= 0.3 is 0 Å². The van der Waals surface area contributed by atoms with Gasteiger partial charge in [0.15, 0.2) is 5.79 Å². The zero-order valence-electron chi connectivity index (χ0n) is 14.6. The molecule has 0 aromatic carbocycles. The van der Waals surface area contributed by atoms with E-state index in [9.17, 15) is 4.79 Å². The van der Waals surface area contributed by atoms with Gasteiger partial charge in [0.1, 0.15) is 5.69 Å². The Balaban J connectivity index is 1.47. The molecule has 0 unspecified atom stereocenters. The number of amides is 1. The van der Waals surface area contributed by atoms with Crippen LogP contribution in [0.4, 0.5) is 5.95 Å². The molecule has 8 heteroatoms. The summed E-state index contributed by atoms with van der Waals surface area (Å²) < 4.78 is 16.8. The molecular weight excluding hydrogens is 324 g/mol. The smallest absolute Gasteiger partial charge is 0.272 e. The molecule has 0 N–H and O–H groups in total. The second-order valence-corrected chi connectivity index (χ2v) is 6.69. The summed E-state index contributed by atoms with van der Waals surface area (Å²) in [6.07, 6.45) is 1.41.